The minimum Gasteiger partial charge on any atom is -0.486 e. The van der Waals surface area contributed by atoms with E-state index >= 15 is 0 Å². The molecule has 12 heteroatoms. The Bertz CT molecular complexity index is 1560. The van der Waals surface area contributed by atoms with Crippen molar-refractivity contribution in [2.24, 2.45) is 0 Å². The van der Waals surface area contributed by atoms with E-state index in [0.29, 0.717) is 40.3 Å². The Labute approximate surface area is 256 Å². The normalized spacial score (nSPS) is 13.7. The summed E-state index contributed by atoms with van der Waals surface area (Å²) in [5, 5.41) is 3.62. The van der Waals surface area contributed by atoms with E-state index in [-0.39, 0.29) is 17.1 Å². The number of anilines is 1. The van der Waals surface area contributed by atoms with Crippen LogP contribution in [-0.4, -0.2) is 56.5 Å². The molecule has 0 aliphatic carbocycles. The standard InChI is InChI=1S/C30H33Cl2N3O6S/c1-20(29(37)33-30(2,3)4)34(18-21-10-11-22(31)16-25(21)32)28(36)19-35(42(38,39)24-8-6-5-7-9-24)23-12-13-26-27(17-23)41-15-14-40-26/h5-13,16-17,20H,14-15,18-19H2,1-4H3,(H,33,37). The number of rotatable bonds is 9. The quantitative estimate of drug-likeness (QED) is 0.343. The van der Waals surface area contributed by atoms with Crippen LogP contribution in [0.15, 0.2) is 71.6 Å². The number of nitrogens with one attached hydrogen (secondary N) is 1. The molecule has 2 amide bonds. The Balaban J connectivity index is 1.75. The van der Waals surface area contributed by atoms with E-state index in [1.165, 1.54) is 23.1 Å². The highest BCUT2D eigenvalue weighted by atomic mass is 35.5. The van der Waals surface area contributed by atoms with Gasteiger partial charge in [-0.15, -0.1) is 0 Å². The summed E-state index contributed by atoms with van der Waals surface area (Å²) < 4.78 is 40.2. The molecule has 224 valence electrons. The second-order valence-corrected chi connectivity index (χ2v) is 13.5. The van der Waals surface area contributed by atoms with Crippen LogP contribution in [-0.2, 0) is 26.2 Å². The zero-order valence-electron chi connectivity index (χ0n) is 23.8. The molecule has 1 unspecified atom stereocenters. The summed E-state index contributed by atoms with van der Waals surface area (Å²) in [4.78, 5) is 28.7. The van der Waals surface area contributed by atoms with Crippen LogP contribution in [0.4, 0.5) is 5.69 Å². The first-order valence-electron chi connectivity index (χ1n) is 13.3. The van der Waals surface area contributed by atoms with Gasteiger partial charge in [0, 0.05) is 28.2 Å². The molecule has 0 fully saturated rings. The largest absolute Gasteiger partial charge is 0.486 e. The molecule has 3 aromatic carbocycles. The molecule has 0 bridgehead atoms. The second kappa shape index (κ2) is 12.8. The fourth-order valence-corrected chi connectivity index (χ4v) is 6.22. The third kappa shape index (κ3) is 7.48. The Morgan fingerprint density at radius 3 is 2.26 bits per heavy atom. The first-order valence-corrected chi connectivity index (χ1v) is 15.5. The number of benzene rings is 3. The summed E-state index contributed by atoms with van der Waals surface area (Å²) in [6.07, 6.45) is 0. The van der Waals surface area contributed by atoms with Crippen molar-refractivity contribution >= 4 is 50.7 Å². The zero-order chi connectivity index (χ0) is 30.7. The number of hydrogen-bond donors (Lipinski definition) is 1. The van der Waals surface area contributed by atoms with E-state index in [1.54, 1.807) is 55.5 Å². The van der Waals surface area contributed by atoms with Gasteiger partial charge in [-0.3, -0.25) is 13.9 Å². The fourth-order valence-electron chi connectivity index (χ4n) is 4.33. The number of hydrogen-bond acceptors (Lipinski definition) is 6. The van der Waals surface area contributed by atoms with E-state index in [1.807, 2.05) is 20.8 Å². The van der Waals surface area contributed by atoms with E-state index in [9.17, 15) is 18.0 Å². The highest BCUT2D eigenvalue weighted by molar-refractivity contribution is 7.92. The molecule has 1 atom stereocenters. The number of carbonyl (C=O) groups excluding carboxylic acids is 2. The third-order valence-corrected chi connectivity index (χ3v) is 8.82. The van der Waals surface area contributed by atoms with Gasteiger partial charge in [0.05, 0.1) is 10.6 Å². The molecule has 0 radical (unpaired) electrons. The number of fused-ring (bicyclic) bond motifs is 1. The van der Waals surface area contributed by atoms with Crippen molar-refractivity contribution in [3.05, 3.63) is 82.3 Å². The van der Waals surface area contributed by atoms with Gasteiger partial charge in [0.1, 0.15) is 25.8 Å². The van der Waals surface area contributed by atoms with Gasteiger partial charge in [-0.25, -0.2) is 8.42 Å². The highest BCUT2D eigenvalue weighted by Crippen LogP contribution is 2.36. The molecular formula is C30H33Cl2N3O6S. The summed E-state index contributed by atoms with van der Waals surface area (Å²) in [5.41, 5.74) is 0.181. The van der Waals surface area contributed by atoms with Crippen molar-refractivity contribution in [3.63, 3.8) is 0 Å². The number of ether oxygens (including phenoxy) is 2. The van der Waals surface area contributed by atoms with Crippen LogP contribution < -0.4 is 19.1 Å². The monoisotopic (exact) mass is 633 g/mol. The number of amides is 2. The zero-order valence-corrected chi connectivity index (χ0v) is 26.1. The minimum absolute atomic E-state index is 0.00138. The van der Waals surface area contributed by atoms with Crippen molar-refractivity contribution in [3.8, 4) is 11.5 Å². The summed E-state index contributed by atoms with van der Waals surface area (Å²) in [6.45, 7) is 7.08. The van der Waals surface area contributed by atoms with Gasteiger partial charge < -0.3 is 19.7 Å². The van der Waals surface area contributed by atoms with Gasteiger partial charge in [0.25, 0.3) is 10.0 Å². The van der Waals surface area contributed by atoms with Crippen LogP contribution in [0.1, 0.15) is 33.3 Å². The lowest BCUT2D eigenvalue weighted by Crippen LogP contribution is -2.54. The van der Waals surface area contributed by atoms with Gasteiger partial charge in [-0.1, -0.05) is 47.5 Å². The number of nitrogens with zero attached hydrogens (tertiary/aromatic N) is 2. The molecule has 0 saturated heterocycles. The van der Waals surface area contributed by atoms with Crippen molar-refractivity contribution in [1.82, 2.24) is 10.2 Å². The Hall–Kier alpha value is -3.47. The van der Waals surface area contributed by atoms with Crippen LogP contribution in [0.5, 0.6) is 11.5 Å². The maximum Gasteiger partial charge on any atom is 0.264 e. The Morgan fingerprint density at radius 1 is 0.952 bits per heavy atom. The average molecular weight is 635 g/mol. The van der Waals surface area contributed by atoms with Crippen LogP contribution in [0.3, 0.4) is 0 Å². The molecular weight excluding hydrogens is 601 g/mol. The molecule has 4 rings (SSSR count). The topological polar surface area (TPSA) is 105 Å². The lowest BCUT2D eigenvalue weighted by molar-refractivity contribution is -0.140. The van der Waals surface area contributed by atoms with Crippen LogP contribution in [0, 0.1) is 0 Å². The van der Waals surface area contributed by atoms with E-state index in [4.69, 9.17) is 32.7 Å². The molecule has 1 N–H and O–H groups in total. The molecule has 42 heavy (non-hydrogen) atoms. The first-order chi connectivity index (χ1) is 19.8. The predicted molar refractivity (Wildman–Crippen MR) is 163 cm³/mol. The number of sulfonamides is 1. The summed E-state index contributed by atoms with van der Waals surface area (Å²) in [6, 6.07) is 16.4. The summed E-state index contributed by atoms with van der Waals surface area (Å²) in [7, 11) is -4.23. The maximum absolute atomic E-state index is 14.1. The summed E-state index contributed by atoms with van der Waals surface area (Å²) in [5.74, 6) is -0.188. The van der Waals surface area contributed by atoms with Gasteiger partial charge >= 0.3 is 0 Å². The molecule has 9 nitrogen and oxygen atoms in total. The average Bonchev–Trinajstić information content (AvgIpc) is 2.94. The first kappa shape index (κ1) is 31.5. The van der Waals surface area contributed by atoms with Crippen molar-refractivity contribution in [1.29, 1.82) is 0 Å². The van der Waals surface area contributed by atoms with Crippen molar-refractivity contribution in [2.45, 2.75) is 50.7 Å². The lowest BCUT2D eigenvalue weighted by atomic mass is 10.1. The summed E-state index contributed by atoms with van der Waals surface area (Å²) >= 11 is 12.5. The van der Waals surface area contributed by atoms with E-state index in [0.717, 1.165) is 4.31 Å². The Kier molecular flexibility index (Phi) is 9.60. The predicted octanol–water partition coefficient (Wildman–Crippen LogP) is 5.29. The van der Waals surface area contributed by atoms with E-state index in [2.05, 4.69) is 5.32 Å². The lowest BCUT2D eigenvalue weighted by Gasteiger charge is -2.34. The highest BCUT2D eigenvalue weighted by Gasteiger charge is 2.34. The van der Waals surface area contributed by atoms with Gasteiger partial charge in [-0.2, -0.15) is 0 Å². The van der Waals surface area contributed by atoms with Crippen LogP contribution in [0.25, 0.3) is 0 Å². The third-order valence-electron chi connectivity index (χ3n) is 6.45. The molecule has 0 saturated carbocycles. The smallest absolute Gasteiger partial charge is 0.264 e. The second-order valence-electron chi connectivity index (χ2n) is 10.8. The number of halogens is 2. The SMILES string of the molecule is CC(C(=O)NC(C)(C)C)N(Cc1ccc(Cl)cc1Cl)C(=O)CN(c1ccc2c(c1)OCCO2)S(=O)(=O)c1ccccc1. The molecule has 0 aromatic heterocycles. The molecule has 1 aliphatic heterocycles. The van der Waals surface area contributed by atoms with Crippen LogP contribution >= 0.6 is 23.2 Å². The van der Waals surface area contributed by atoms with Gasteiger partial charge in [0.2, 0.25) is 11.8 Å². The Morgan fingerprint density at radius 2 is 1.62 bits per heavy atom. The molecule has 1 heterocycles. The van der Waals surface area contributed by atoms with Crippen molar-refractivity contribution < 1.29 is 27.5 Å². The van der Waals surface area contributed by atoms with Gasteiger partial charge in [0.15, 0.2) is 11.5 Å². The molecule has 0 spiro atoms. The van der Waals surface area contributed by atoms with Crippen LogP contribution in [0.2, 0.25) is 10.0 Å². The van der Waals surface area contributed by atoms with Crippen molar-refractivity contribution in [2.75, 3.05) is 24.1 Å². The maximum atomic E-state index is 14.1. The number of carbonyl (C=O) groups is 2. The van der Waals surface area contributed by atoms with Gasteiger partial charge in [-0.05, 0) is 69.7 Å². The van der Waals surface area contributed by atoms with E-state index < -0.39 is 40.0 Å². The molecule has 1 aliphatic rings. The fraction of sp³-hybridized carbons (Fsp3) is 0.333. The molecule has 3 aromatic rings. The minimum atomic E-state index is -4.23.